The van der Waals surface area contributed by atoms with Crippen LogP contribution >= 0.6 is 0 Å². The van der Waals surface area contributed by atoms with Crippen LogP contribution in [0.1, 0.15) is 63.8 Å². The molecule has 0 fully saturated rings. The lowest BCUT2D eigenvalue weighted by molar-refractivity contribution is 0.625. The molecule has 0 saturated heterocycles. The monoisotopic (exact) mass is 428 g/mol. The summed E-state index contributed by atoms with van der Waals surface area (Å²) in [4.78, 5) is 0. The van der Waals surface area contributed by atoms with Gasteiger partial charge in [-0.3, -0.25) is 0 Å². The van der Waals surface area contributed by atoms with Crippen molar-refractivity contribution in [1.82, 2.24) is 0 Å². The second kappa shape index (κ2) is 9.65. The summed E-state index contributed by atoms with van der Waals surface area (Å²) >= 11 is 0. The second-order valence-electron chi connectivity index (χ2n) is 10.1. The van der Waals surface area contributed by atoms with Crippen LogP contribution in [0, 0.1) is 13.8 Å². The zero-order valence-corrected chi connectivity index (χ0v) is 21.1. The second-order valence-corrected chi connectivity index (χ2v) is 10.1. The SMILES string of the molecule is C=C(/C=C/C(C)=C/C=C(/C)C(C)(C)c1cc(C)ccc1N)C(C)(C)c1cc(C)ccc1N. The lowest BCUT2D eigenvalue weighted by atomic mass is 9.76. The standard InChI is InChI=1S/C30H40N2/c1-20(10-14-23(4)29(6,7)25-18-21(2)12-16-27(25)31)11-15-24(5)30(8,9)26-19-22(3)13-17-28(26)32/h10-19H,4,31-32H2,1-3,5-9H3/b14-10+,20-11+,24-15-. The zero-order valence-electron chi connectivity index (χ0n) is 21.1. The number of anilines is 2. The fourth-order valence-electron chi connectivity index (χ4n) is 3.77. The molecule has 0 aromatic heterocycles. The molecule has 0 atom stereocenters. The van der Waals surface area contributed by atoms with E-state index in [1.54, 1.807) is 0 Å². The highest BCUT2D eigenvalue weighted by Crippen LogP contribution is 2.36. The van der Waals surface area contributed by atoms with Gasteiger partial charge in [0.2, 0.25) is 0 Å². The average Bonchev–Trinajstić information content (AvgIpc) is 2.73. The number of benzene rings is 2. The minimum atomic E-state index is -0.247. The van der Waals surface area contributed by atoms with Crippen molar-refractivity contribution in [3.63, 3.8) is 0 Å². The van der Waals surface area contributed by atoms with Crippen LogP contribution in [0.2, 0.25) is 0 Å². The molecule has 2 aromatic rings. The van der Waals surface area contributed by atoms with E-state index in [2.05, 4.69) is 104 Å². The van der Waals surface area contributed by atoms with Crippen LogP contribution in [0.25, 0.3) is 0 Å². The predicted molar refractivity (Wildman–Crippen MR) is 143 cm³/mol. The Hall–Kier alpha value is -3.00. The molecular formula is C30H40N2. The van der Waals surface area contributed by atoms with Crippen LogP contribution in [0.3, 0.4) is 0 Å². The first-order chi connectivity index (χ1) is 14.8. The predicted octanol–water partition coefficient (Wildman–Crippen LogP) is 7.73. The molecule has 0 aliphatic heterocycles. The van der Waals surface area contributed by atoms with E-state index < -0.39 is 0 Å². The molecule has 2 rings (SSSR count). The summed E-state index contributed by atoms with van der Waals surface area (Å²) in [5.74, 6) is 0. The third-order valence-electron chi connectivity index (χ3n) is 6.70. The van der Waals surface area contributed by atoms with E-state index >= 15 is 0 Å². The molecule has 0 amide bonds. The minimum Gasteiger partial charge on any atom is -0.398 e. The van der Waals surface area contributed by atoms with E-state index in [0.29, 0.717) is 0 Å². The zero-order chi connectivity index (χ0) is 24.3. The smallest absolute Gasteiger partial charge is 0.0355 e. The number of nitrogens with two attached hydrogens (primary N) is 2. The van der Waals surface area contributed by atoms with Gasteiger partial charge in [0.05, 0.1) is 0 Å². The summed E-state index contributed by atoms with van der Waals surface area (Å²) in [6.45, 7) is 21.6. The summed E-state index contributed by atoms with van der Waals surface area (Å²) in [5.41, 5.74) is 21.9. The fourth-order valence-corrected chi connectivity index (χ4v) is 3.77. The maximum Gasteiger partial charge on any atom is 0.0355 e. The van der Waals surface area contributed by atoms with Crippen molar-refractivity contribution in [1.29, 1.82) is 0 Å². The van der Waals surface area contributed by atoms with Crippen molar-refractivity contribution < 1.29 is 0 Å². The van der Waals surface area contributed by atoms with E-state index in [1.807, 2.05) is 18.2 Å². The molecule has 4 N–H and O–H groups in total. The number of hydrogen-bond acceptors (Lipinski definition) is 2. The molecule has 0 aliphatic carbocycles. The first-order valence-electron chi connectivity index (χ1n) is 11.2. The summed E-state index contributed by atoms with van der Waals surface area (Å²) in [7, 11) is 0. The largest absolute Gasteiger partial charge is 0.398 e. The van der Waals surface area contributed by atoms with Gasteiger partial charge in [0.25, 0.3) is 0 Å². The third-order valence-corrected chi connectivity index (χ3v) is 6.70. The quantitative estimate of drug-likeness (QED) is 0.350. The maximum absolute atomic E-state index is 6.29. The van der Waals surface area contributed by atoms with Gasteiger partial charge >= 0.3 is 0 Å². The van der Waals surface area contributed by atoms with E-state index in [9.17, 15) is 0 Å². The van der Waals surface area contributed by atoms with Crippen molar-refractivity contribution in [3.05, 3.63) is 106 Å². The van der Waals surface area contributed by atoms with Gasteiger partial charge in [-0.15, -0.1) is 0 Å². The Morgan fingerprint density at radius 3 is 1.72 bits per heavy atom. The molecular weight excluding hydrogens is 388 g/mol. The summed E-state index contributed by atoms with van der Waals surface area (Å²) in [6.07, 6.45) is 8.56. The molecule has 0 heterocycles. The van der Waals surface area contributed by atoms with Gasteiger partial charge in [-0.2, -0.15) is 0 Å². The highest BCUT2D eigenvalue weighted by atomic mass is 14.6. The molecule has 0 aliphatic rings. The van der Waals surface area contributed by atoms with Crippen molar-refractivity contribution in [2.45, 2.75) is 66.2 Å². The molecule has 170 valence electrons. The van der Waals surface area contributed by atoms with E-state index in [0.717, 1.165) is 28.1 Å². The van der Waals surface area contributed by atoms with Crippen molar-refractivity contribution in [2.24, 2.45) is 0 Å². The van der Waals surface area contributed by atoms with Crippen molar-refractivity contribution >= 4 is 11.4 Å². The van der Waals surface area contributed by atoms with Crippen LogP contribution in [0.5, 0.6) is 0 Å². The lowest BCUT2D eigenvalue weighted by Gasteiger charge is -2.28. The number of hydrogen-bond donors (Lipinski definition) is 2. The molecule has 0 bridgehead atoms. The lowest BCUT2D eigenvalue weighted by Crippen LogP contribution is -2.21. The van der Waals surface area contributed by atoms with Gasteiger partial charge in [-0.25, -0.2) is 0 Å². The first-order valence-corrected chi connectivity index (χ1v) is 11.2. The Bertz CT molecular complexity index is 1090. The van der Waals surface area contributed by atoms with E-state index in [1.165, 1.54) is 22.3 Å². The number of rotatable bonds is 7. The number of aryl methyl sites for hydroxylation is 2. The highest BCUT2D eigenvalue weighted by molar-refractivity contribution is 5.57. The van der Waals surface area contributed by atoms with Gasteiger partial charge in [0.1, 0.15) is 0 Å². The Kier molecular flexibility index (Phi) is 7.62. The van der Waals surface area contributed by atoms with Crippen LogP contribution < -0.4 is 11.5 Å². The van der Waals surface area contributed by atoms with Crippen molar-refractivity contribution in [3.8, 4) is 0 Å². The molecule has 0 radical (unpaired) electrons. The highest BCUT2D eigenvalue weighted by Gasteiger charge is 2.26. The molecule has 2 heteroatoms. The number of nitrogen functional groups attached to an aromatic ring is 2. The Labute approximate surface area is 195 Å². The van der Waals surface area contributed by atoms with Gasteiger partial charge in [0.15, 0.2) is 0 Å². The van der Waals surface area contributed by atoms with Gasteiger partial charge in [-0.05, 0) is 56.5 Å². The van der Waals surface area contributed by atoms with Gasteiger partial charge in [0, 0.05) is 22.2 Å². The Morgan fingerprint density at radius 1 is 0.750 bits per heavy atom. The van der Waals surface area contributed by atoms with Crippen LogP contribution in [0.15, 0.2) is 84.0 Å². The summed E-state index contributed by atoms with van der Waals surface area (Å²) < 4.78 is 0. The fraction of sp³-hybridized carbons (Fsp3) is 0.333. The Balaban J connectivity index is 2.23. The molecule has 0 spiro atoms. The molecule has 0 saturated carbocycles. The van der Waals surface area contributed by atoms with Gasteiger partial charge < -0.3 is 11.5 Å². The van der Waals surface area contributed by atoms with Crippen LogP contribution in [-0.4, -0.2) is 0 Å². The van der Waals surface area contributed by atoms with Crippen LogP contribution in [-0.2, 0) is 10.8 Å². The maximum atomic E-state index is 6.29. The molecule has 0 unspecified atom stereocenters. The molecule has 2 nitrogen and oxygen atoms in total. The normalized spacial score (nSPS) is 13.6. The van der Waals surface area contributed by atoms with Gasteiger partial charge in [-0.1, -0.05) is 105 Å². The number of allylic oxidation sites excluding steroid dienone is 7. The minimum absolute atomic E-state index is 0.148. The van der Waals surface area contributed by atoms with Crippen LogP contribution in [0.4, 0.5) is 11.4 Å². The van der Waals surface area contributed by atoms with Crippen molar-refractivity contribution in [2.75, 3.05) is 11.5 Å². The van der Waals surface area contributed by atoms with E-state index in [-0.39, 0.29) is 10.8 Å². The molecule has 2 aromatic carbocycles. The Morgan fingerprint density at radius 2 is 1.22 bits per heavy atom. The summed E-state index contributed by atoms with van der Waals surface area (Å²) in [5, 5.41) is 0. The third kappa shape index (κ3) is 5.62. The average molecular weight is 429 g/mol. The first kappa shape index (κ1) is 25.3. The topological polar surface area (TPSA) is 52.0 Å². The summed E-state index contributed by atoms with van der Waals surface area (Å²) in [6, 6.07) is 12.4. The van der Waals surface area contributed by atoms with E-state index in [4.69, 9.17) is 11.5 Å². The molecule has 32 heavy (non-hydrogen) atoms.